The van der Waals surface area contributed by atoms with Gasteiger partial charge in [0.2, 0.25) is 0 Å². The number of guanidine groups is 1. The van der Waals surface area contributed by atoms with Gasteiger partial charge in [0, 0.05) is 45.8 Å². The first-order chi connectivity index (χ1) is 14.7. The zero-order chi connectivity index (χ0) is 21.0. The number of rotatable bonds is 9. The van der Waals surface area contributed by atoms with E-state index in [0.29, 0.717) is 12.6 Å². The normalized spacial score (nSPS) is 21.5. The Morgan fingerprint density at radius 1 is 1.10 bits per heavy atom. The summed E-state index contributed by atoms with van der Waals surface area (Å²) < 4.78 is 11.1. The minimum Gasteiger partial charge on any atom is -0.379 e. The Morgan fingerprint density at radius 2 is 1.90 bits per heavy atom. The van der Waals surface area contributed by atoms with Crippen LogP contribution in [-0.2, 0) is 22.6 Å². The summed E-state index contributed by atoms with van der Waals surface area (Å²) in [5.41, 5.74) is 2.60. The van der Waals surface area contributed by atoms with Gasteiger partial charge in [0.15, 0.2) is 5.96 Å². The molecule has 30 heavy (non-hydrogen) atoms. The number of morpholine rings is 2. The van der Waals surface area contributed by atoms with Gasteiger partial charge in [-0.25, -0.2) is 4.99 Å². The van der Waals surface area contributed by atoms with Gasteiger partial charge >= 0.3 is 0 Å². The standard InChI is InChI=1S/C23H39N5O2/c1-3-24-23(25-8-5-9-27-10-13-29-14-11-27)26-17-21-6-4-7-22(16-21)19-28-12-15-30-20(2)18-28/h4,6-7,16,20H,3,5,8-15,17-19H2,1-2H3,(H2,24,25,26). The highest BCUT2D eigenvalue weighted by molar-refractivity contribution is 5.79. The molecule has 1 aromatic rings. The lowest BCUT2D eigenvalue weighted by atomic mass is 10.1. The van der Waals surface area contributed by atoms with E-state index in [1.807, 2.05) is 0 Å². The van der Waals surface area contributed by atoms with Crippen LogP contribution in [0.25, 0.3) is 0 Å². The van der Waals surface area contributed by atoms with E-state index in [9.17, 15) is 0 Å². The number of hydrogen-bond donors (Lipinski definition) is 2. The highest BCUT2D eigenvalue weighted by atomic mass is 16.5. The Morgan fingerprint density at radius 3 is 2.70 bits per heavy atom. The molecule has 0 spiro atoms. The summed E-state index contributed by atoms with van der Waals surface area (Å²) >= 11 is 0. The van der Waals surface area contributed by atoms with Gasteiger partial charge in [-0.3, -0.25) is 9.80 Å². The van der Waals surface area contributed by atoms with Crippen molar-refractivity contribution >= 4 is 5.96 Å². The molecule has 2 heterocycles. The number of hydrogen-bond acceptors (Lipinski definition) is 5. The van der Waals surface area contributed by atoms with E-state index in [0.717, 1.165) is 84.6 Å². The van der Waals surface area contributed by atoms with Crippen LogP contribution in [0.4, 0.5) is 0 Å². The van der Waals surface area contributed by atoms with Gasteiger partial charge in [-0.2, -0.15) is 0 Å². The summed E-state index contributed by atoms with van der Waals surface area (Å²) in [5.74, 6) is 0.895. The zero-order valence-electron chi connectivity index (χ0n) is 18.7. The monoisotopic (exact) mass is 417 g/mol. The van der Waals surface area contributed by atoms with Crippen LogP contribution in [0.2, 0.25) is 0 Å². The first-order valence-corrected chi connectivity index (χ1v) is 11.5. The van der Waals surface area contributed by atoms with Crippen LogP contribution in [0.5, 0.6) is 0 Å². The van der Waals surface area contributed by atoms with Crippen molar-refractivity contribution in [2.45, 2.75) is 39.5 Å². The van der Waals surface area contributed by atoms with Crippen LogP contribution in [0.15, 0.2) is 29.3 Å². The minimum absolute atomic E-state index is 0.323. The summed E-state index contributed by atoms with van der Waals surface area (Å²) in [6.07, 6.45) is 1.43. The van der Waals surface area contributed by atoms with Gasteiger partial charge in [0.1, 0.15) is 0 Å². The van der Waals surface area contributed by atoms with Crippen LogP contribution in [0, 0.1) is 0 Å². The number of ether oxygens (including phenoxy) is 2. The third kappa shape index (κ3) is 8.22. The molecule has 1 aromatic carbocycles. The molecule has 1 unspecified atom stereocenters. The lowest BCUT2D eigenvalue weighted by Crippen LogP contribution is -2.40. The molecule has 0 bridgehead atoms. The second-order valence-corrected chi connectivity index (χ2v) is 8.17. The van der Waals surface area contributed by atoms with Gasteiger partial charge in [-0.05, 0) is 37.9 Å². The van der Waals surface area contributed by atoms with Gasteiger partial charge in [-0.15, -0.1) is 0 Å². The molecule has 0 aromatic heterocycles. The van der Waals surface area contributed by atoms with Gasteiger partial charge < -0.3 is 20.1 Å². The third-order valence-electron chi connectivity index (χ3n) is 5.53. The maximum atomic E-state index is 5.65. The lowest BCUT2D eigenvalue weighted by Gasteiger charge is -2.31. The molecule has 3 rings (SSSR count). The summed E-state index contributed by atoms with van der Waals surface area (Å²) in [7, 11) is 0. The van der Waals surface area contributed by atoms with Crippen molar-refractivity contribution in [1.82, 2.24) is 20.4 Å². The smallest absolute Gasteiger partial charge is 0.191 e. The zero-order valence-corrected chi connectivity index (χ0v) is 18.7. The van der Waals surface area contributed by atoms with Crippen molar-refractivity contribution in [3.63, 3.8) is 0 Å². The molecule has 2 aliphatic heterocycles. The molecule has 2 aliphatic rings. The second kappa shape index (κ2) is 12.9. The average Bonchev–Trinajstić information content (AvgIpc) is 2.76. The van der Waals surface area contributed by atoms with E-state index in [-0.39, 0.29) is 0 Å². The van der Waals surface area contributed by atoms with Crippen LogP contribution in [-0.4, -0.2) is 87.5 Å². The van der Waals surface area contributed by atoms with Crippen molar-refractivity contribution in [2.75, 3.05) is 65.6 Å². The van der Waals surface area contributed by atoms with Gasteiger partial charge in [0.05, 0.1) is 32.5 Å². The number of nitrogens with one attached hydrogen (secondary N) is 2. The van der Waals surface area contributed by atoms with Crippen molar-refractivity contribution in [1.29, 1.82) is 0 Å². The Kier molecular flexibility index (Phi) is 9.89. The fourth-order valence-corrected chi connectivity index (χ4v) is 3.97. The fourth-order valence-electron chi connectivity index (χ4n) is 3.97. The topological polar surface area (TPSA) is 61.4 Å². The Bertz CT molecular complexity index is 648. The summed E-state index contributed by atoms with van der Waals surface area (Å²) in [4.78, 5) is 9.73. The van der Waals surface area contributed by atoms with E-state index in [4.69, 9.17) is 14.5 Å². The predicted octanol–water partition coefficient (Wildman–Crippen LogP) is 1.68. The molecule has 0 aliphatic carbocycles. The quantitative estimate of drug-likeness (QED) is 0.362. The van der Waals surface area contributed by atoms with E-state index in [2.05, 4.69) is 58.5 Å². The maximum absolute atomic E-state index is 5.65. The highest BCUT2D eigenvalue weighted by Gasteiger charge is 2.16. The molecule has 7 heteroatoms. The van der Waals surface area contributed by atoms with Crippen LogP contribution in [0.1, 0.15) is 31.4 Å². The van der Waals surface area contributed by atoms with Crippen molar-refractivity contribution in [3.05, 3.63) is 35.4 Å². The molecule has 1 atom stereocenters. The average molecular weight is 418 g/mol. The van der Waals surface area contributed by atoms with Crippen molar-refractivity contribution in [3.8, 4) is 0 Å². The van der Waals surface area contributed by atoms with E-state index < -0.39 is 0 Å². The second-order valence-electron chi connectivity index (χ2n) is 8.17. The maximum Gasteiger partial charge on any atom is 0.191 e. The van der Waals surface area contributed by atoms with Crippen molar-refractivity contribution in [2.24, 2.45) is 4.99 Å². The molecule has 2 saturated heterocycles. The molecule has 168 valence electrons. The SMILES string of the molecule is CCNC(=NCc1cccc(CN2CCOC(C)C2)c1)NCCCN1CCOCC1. The third-order valence-corrected chi connectivity index (χ3v) is 5.53. The van der Waals surface area contributed by atoms with Gasteiger partial charge in [-0.1, -0.05) is 24.3 Å². The molecule has 2 N–H and O–H groups in total. The molecule has 2 fully saturated rings. The van der Waals surface area contributed by atoms with Crippen LogP contribution < -0.4 is 10.6 Å². The summed E-state index contributed by atoms with van der Waals surface area (Å²) in [6.45, 7) is 15.5. The molecular formula is C23H39N5O2. The first kappa shape index (κ1) is 23.0. The molecule has 0 saturated carbocycles. The molecular weight excluding hydrogens is 378 g/mol. The van der Waals surface area contributed by atoms with E-state index in [1.165, 1.54) is 11.1 Å². The fraction of sp³-hybridized carbons (Fsp3) is 0.696. The highest BCUT2D eigenvalue weighted by Crippen LogP contribution is 2.12. The predicted molar refractivity (Wildman–Crippen MR) is 122 cm³/mol. The minimum atomic E-state index is 0.323. The number of aliphatic imine (C=N–C) groups is 1. The van der Waals surface area contributed by atoms with E-state index >= 15 is 0 Å². The lowest BCUT2D eigenvalue weighted by molar-refractivity contribution is -0.0212. The summed E-state index contributed by atoms with van der Waals surface area (Å²) in [5, 5.41) is 6.83. The van der Waals surface area contributed by atoms with Crippen LogP contribution in [0.3, 0.4) is 0 Å². The summed E-state index contributed by atoms with van der Waals surface area (Å²) in [6, 6.07) is 8.80. The van der Waals surface area contributed by atoms with Crippen molar-refractivity contribution < 1.29 is 9.47 Å². The molecule has 0 radical (unpaired) electrons. The molecule has 7 nitrogen and oxygen atoms in total. The Labute approximate surface area is 181 Å². The first-order valence-electron chi connectivity index (χ1n) is 11.5. The Hall–Kier alpha value is -1.67. The number of benzene rings is 1. The van der Waals surface area contributed by atoms with Crippen LogP contribution >= 0.6 is 0 Å². The molecule has 0 amide bonds. The Balaban J connectivity index is 1.45. The van der Waals surface area contributed by atoms with E-state index in [1.54, 1.807) is 0 Å². The van der Waals surface area contributed by atoms with Gasteiger partial charge in [0.25, 0.3) is 0 Å². The largest absolute Gasteiger partial charge is 0.379 e. The number of nitrogens with zero attached hydrogens (tertiary/aromatic N) is 3.